The van der Waals surface area contributed by atoms with Crippen molar-refractivity contribution in [1.82, 2.24) is 5.32 Å². The van der Waals surface area contributed by atoms with Gasteiger partial charge in [-0.1, -0.05) is 6.08 Å². The van der Waals surface area contributed by atoms with Gasteiger partial charge in [-0.05, 0) is 12.8 Å². The Morgan fingerprint density at radius 1 is 1.62 bits per heavy atom. The van der Waals surface area contributed by atoms with Crippen molar-refractivity contribution in [1.29, 1.82) is 0 Å². The highest BCUT2D eigenvalue weighted by molar-refractivity contribution is 5.65. The Morgan fingerprint density at radius 2 is 2.23 bits per heavy atom. The number of carboxylic acid groups (broad SMARTS) is 1. The van der Waals surface area contributed by atoms with Crippen molar-refractivity contribution in [2.24, 2.45) is 0 Å². The molecule has 0 fully saturated rings. The van der Waals surface area contributed by atoms with E-state index in [2.05, 4.69) is 0 Å². The molecule has 0 bridgehead atoms. The fourth-order valence-electron chi connectivity index (χ4n) is 1.32. The molecular formula is C7H8F3NO2. The second-order valence-corrected chi connectivity index (χ2v) is 2.74. The first-order valence-electron chi connectivity index (χ1n) is 3.68. The third-order valence-corrected chi connectivity index (χ3v) is 1.82. The number of amides is 1. The predicted molar refractivity (Wildman–Crippen MR) is 38.3 cm³/mol. The molecular weight excluding hydrogens is 187 g/mol. The van der Waals surface area contributed by atoms with Gasteiger partial charge in [0.05, 0.1) is 11.6 Å². The van der Waals surface area contributed by atoms with E-state index in [4.69, 9.17) is 5.11 Å². The lowest BCUT2D eigenvalue weighted by Crippen LogP contribution is -2.37. The van der Waals surface area contributed by atoms with Crippen LogP contribution < -0.4 is 5.32 Å². The molecule has 1 rings (SSSR count). The van der Waals surface area contributed by atoms with E-state index in [0.29, 0.717) is 0 Å². The average molecular weight is 195 g/mol. The van der Waals surface area contributed by atoms with Crippen molar-refractivity contribution in [3.8, 4) is 0 Å². The molecule has 0 aromatic rings. The summed E-state index contributed by atoms with van der Waals surface area (Å²) in [7, 11) is 0. The maximum Gasteiger partial charge on any atom is 0.414 e. The molecule has 0 heterocycles. The highest BCUT2D eigenvalue weighted by atomic mass is 19.4. The molecule has 3 nitrogen and oxygen atoms in total. The van der Waals surface area contributed by atoms with Gasteiger partial charge in [0.15, 0.2) is 0 Å². The van der Waals surface area contributed by atoms with E-state index >= 15 is 0 Å². The Bertz CT molecular complexity index is 247. The summed E-state index contributed by atoms with van der Waals surface area (Å²) < 4.78 is 36.5. The van der Waals surface area contributed by atoms with E-state index in [9.17, 15) is 18.0 Å². The molecule has 13 heavy (non-hydrogen) atoms. The molecule has 2 N–H and O–H groups in total. The maximum absolute atomic E-state index is 12.2. The zero-order valence-electron chi connectivity index (χ0n) is 6.56. The summed E-state index contributed by atoms with van der Waals surface area (Å²) in [4.78, 5) is 10.1. The van der Waals surface area contributed by atoms with Crippen molar-refractivity contribution in [2.45, 2.75) is 25.1 Å². The van der Waals surface area contributed by atoms with Crippen molar-refractivity contribution in [3.63, 3.8) is 0 Å². The lowest BCUT2D eigenvalue weighted by Gasteiger charge is -2.16. The Kier molecular flexibility index (Phi) is 2.49. The van der Waals surface area contributed by atoms with Gasteiger partial charge in [-0.2, -0.15) is 13.2 Å². The number of hydrogen-bond donors (Lipinski definition) is 2. The summed E-state index contributed by atoms with van der Waals surface area (Å²) in [6.45, 7) is 0. The molecule has 1 aliphatic rings. The number of alkyl halides is 3. The topological polar surface area (TPSA) is 49.3 Å². The summed E-state index contributed by atoms with van der Waals surface area (Å²) in [5.74, 6) is 0. The fourth-order valence-corrected chi connectivity index (χ4v) is 1.32. The lowest BCUT2D eigenvalue weighted by molar-refractivity contribution is -0.0953. The Morgan fingerprint density at radius 3 is 2.69 bits per heavy atom. The zero-order chi connectivity index (χ0) is 10.1. The fraction of sp³-hybridized carbons (Fsp3) is 0.571. The van der Waals surface area contributed by atoms with E-state index in [-0.39, 0.29) is 12.8 Å². The molecule has 0 spiro atoms. The van der Waals surface area contributed by atoms with Crippen LogP contribution in [0.25, 0.3) is 0 Å². The van der Waals surface area contributed by atoms with Gasteiger partial charge in [-0.3, -0.25) is 0 Å². The monoisotopic (exact) mass is 195 g/mol. The van der Waals surface area contributed by atoms with Crippen LogP contribution in [0, 0.1) is 0 Å². The highest BCUT2D eigenvalue weighted by Gasteiger charge is 2.41. The molecule has 0 saturated heterocycles. The Labute approximate surface area is 72.2 Å². The molecule has 1 amide bonds. The van der Waals surface area contributed by atoms with Crippen LogP contribution in [0.4, 0.5) is 18.0 Å². The minimum atomic E-state index is -4.43. The molecule has 74 valence electrons. The van der Waals surface area contributed by atoms with Crippen LogP contribution in [-0.4, -0.2) is 23.4 Å². The van der Waals surface area contributed by atoms with Crippen molar-refractivity contribution in [3.05, 3.63) is 11.6 Å². The van der Waals surface area contributed by atoms with E-state index in [1.165, 1.54) is 0 Å². The lowest BCUT2D eigenvalue weighted by atomic mass is 10.1. The smallest absolute Gasteiger partial charge is 0.414 e. The summed E-state index contributed by atoms with van der Waals surface area (Å²) in [5.41, 5.74) is -0.782. The van der Waals surface area contributed by atoms with Crippen LogP contribution >= 0.6 is 0 Å². The van der Waals surface area contributed by atoms with Crippen LogP contribution in [-0.2, 0) is 0 Å². The first-order chi connectivity index (χ1) is 5.91. The summed E-state index contributed by atoms with van der Waals surface area (Å²) in [6.07, 6.45) is -4.38. The number of hydrogen-bond acceptors (Lipinski definition) is 1. The normalized spacial score (nSPS) is 22.7. The summed E-state index contributed by atoms with van der Waals surface area (Å²) >= 11 is 0. The maximum atomic E-state index is 12.2. The van der Waals surface area contributed by atoms with E-state index in [1.807, 2.05) is 5.32 Å². The minimum Gasteiger partial charge on any atom is -0.465 e. The number of nitrogens with one attached hydrogen (secondary N) is 1. The van der Waals surface area contributed by atoms with Crippen molar-refractivity contribution >= 4 is 6.09 Å². The van der Waals surface area contributed by atoms with Crippen LogP contribution in [0.5, 0.6) is 0 Å². The van der Waals surface area contributed by atoms with Crippen molar-refractivity contribution < 1.29 is 23.1 Å². The van der Waals surface area contributed by atoms with Gasteiger partial charge in [0, 0.05) is 0 Å². The molecule has 1 unspecified atom stereocenters. The number of rotatable bonds is 1. The molecule has 1 aliphatic carbocycles. The quantitative estimate of drug-likeness (QED) is 0.628. The highest BCUT2D eigenvalue weighted by Crippen LogP contribution is 2.34. The van der Waals surface area contributed by atoms with E-state index < -0.39 is 23.9 Å². The number of halogens is 3. The SMILES string of the molecule is O=C(O)NC1CCC=C1C(F)(F)F. The van der Waals surface area contributed by atoms with Crippen LogP contribution in [0.2, 0.25) is 0 Å². The third-order valence-electron chi connectivity index (χ3n) is 1.82. The molecule has 6 heteroatoms. The van der Waals surface area contributed by atoms with Gasteiger partial charge in [-0.15, -0.1) is 0 Å². The third kappa shape index (κ3) is 2.37. The molecule has 0 aromatic heterocycles. The molecule has 0 radical (unpaired) electrons. The van der Waals surface area contributed by atoms with Gasteiger partial charge in [0.25, 0.3) is 0 Å². The minimum absolute atomic E-state index is 0.182. The first-order valence-corrected chi connectivity index (χ1v) is 3.68. The zero-order valence-corrected chi connectivity index (χ0v) is 6.56. The summed E-state index contributed by atoms with van der Waals surface area (Å²) in [5, 5.41) is 10.1. The van der Waals surface area contributed by atoms with Gasteiger partial charge < -0.3 is 10.4 Å². The van der Waals surface area contributed by atoms with Crippen LogP contribution in [0.15, 0.2) is 11.6 Å². The van der Waals surface area contributed by atoms with Gasteiger partial charge in [0.1, 0.15) is 0 Å². The van der Waals surface area contributed by atoms with Crippen molar-refractivity contribution in [2.75, 3.05) is 0 Å². The van der Waals surface area contributed by atoms with Gasteiger partial charge >= 0.3 is 12.3 Å². The molecule has 0 aromatic carbocycles. The van der Waals surface area contributed by atoms with E-state index in [0.717, 1.165) is 6.08 Å². The molecule has 0 saturated carbocycles. The Hall–Kier alpha value is -1.20. The van der Waals surface area contributed by atoms with Gasteiger partial charge in [-0.25, -0.2) is 4.79 Å². The molecule has 1 atom stereocenters. The van der Waals surface area contributed by atoms with Crippen LogP contribution in [0.1, 0.15) is 12.8 Å². The largest absolute Gasteiger partial charge is 0.465 e. The van der Waals surface area contributed by atoms with E-state index in [1.54, 1.807) is 0 Å². The van der Waals surface area contributed by atoms with Crippen LogP contribution in [0.3, 0.4) is 0 Å². The number of allylic oxidation sites excluding steroid dienone is 1. The Balaban J connectivity index is 2.69. The van der Waals surface area contributed by atoms with Gasteiger partial charge in [0.2, 0.25) is 0 Å². The predicted octanol–water partition coefficient (Wildman–Crippen LogP) is 1.91. The standard InChI is InChI=1S/C7H8F3NO2/c8-7(9,10)4-2-1-3-5(4)11-6(12)13/h2,5,11H,1,3H2,(H,12,13). The summed E-state index contributed by atoms with van der Waals surface area (Å²) in [6, 6.07) is -1.10. The number of carbonyl (C=O) groups is 1. The second-order valence-electron chi connectivity index (χ2n) is 2.74. The second kappa shape index (κ2) is 3.27. The first kappa shape index (κ1) is 9.88. The molecule has 0 aliphatic heterocycles. The average Bonchev–Trinajstić information content (AvgIpc) is 2.31.